The lowest BCUT2D eigenvalue weighted by atomic mass is 10.0. The highest BCUT2D eigenvalue weighted by molar-refractivity contribution is 9.10. The van der Waals surface area contributed by atoms with Gasteiger partial charge in [0.25, 0.3) is 0 Å². The Morgan fingerprint density at radius 3 is 2.43 bits per heavy atom. The molecule has 0 N–H and O–H groups in total. The van der Waals surface area contributed by atoms with E-state index in [0.29, 0.717) is 5.56 Å². The van der Waals surface area contributed by atoms with E-state index in [-0.39, 0.29) is 33.3 Å². The first-order valence-electron chi connectivity index (χ1n) is 8.29. The number of hydrogen-bond acceptors (Lipinski definition) is 3. The molecule has 3 rings (SSSR count). The van der Waals surface area contributed by atoms with Crippen LogP contribution in [0.2, 0.25) is 0 Å². The SMILES string of the molecule is CC(C)Oc1cc(F)ccc1-c1cc(C(F)(F)F)c(-c2cnn(C)c2)nc1Br. The van der Waals surface area contributed by atoms with Crippen molar-refractivity contribution in [2.45, 2.75) is 26.1 Å². The van der Waals surface area contributed by atoms with Crippen molar-refractivity contribution in [2.75, 3.05) is 0 Å². The number of halogens is 5. The molecule has 0 aliphatic heterocycles. The molecule has 0 aliphatic rings. The van der Waals surface area contributed by atoms with Gasteiger partial charge in [0.05, 0.1) is 23.6 Å². The molecule has 0 saturated carbocycles. The summed E-state index contributed by atoms with van der Waals surface area (Å²) in [4.78, 5) is 4.14. The summed E-state index contributed by atoms with van der Waals surface area (Å²) in [5.41, 5.74) is -0.476. The average molecular weight is 458 g/mol. The molecule has 1 aromatic carbocycles. The number of aryl methyl sites for hydroxylation is 1. The second kappa shape index (κ2) is 7.54. The molecular formula is C19H16BrF4N3O. The molecule has 0 aliphatic carbocycles. The molecule has 0 bridgehead atoms. The molecule has 0 unspecified atom stereocenters. The molecule has 148 valence electrons. The fourth-order valence-corrected chi connectivity index (χ4v) is 3.23. The van der Waals surface area contributed by atoms with Crippen molar-refractivity contribution >= 4 is 15.9 Å². The summed E-state index contributed by atoms with van der Waals surface area (Å²) in [6, 6.07) is 4.67. The number of rotatable bonds is 4. The van der Waals surface area contributed by atoms with E-state index in [2.05, 4.69) is 26.0 Å². The lowest BCUT2D eigenvalue weighted by Gasteiger charge is -2.18. The largest absolute Gasteiger partial charge is 0.490 e. The first-order chi connectivity index (χ1) is 13.1. The van der Waals surface area contributed by atoms with Crippen molar-refractivity contribution in [3.05, 3.63) is 52.6 Å². The quantitative estimate of drug-likeness (QED) is 0.364. The van der Waals surface area contributed by atoms with Crippen molar-refractivity contribution < 1.29 is 22.3 Å². The average Bonchev–Trinajstić information content (AvgIpc) is 3.00. The van der Waals surface area contributed by atoms with E-state index in [4.69, 9.17) is 4.74 Å². The predicted molar refractivity (Wildman–Crippen MR) is 100 cm³/mol. The van der Waals surface area contributed by atoms with Crippen molar-refractivity contribution in [3.63, 3.8) is 0 Å². The third kappa shape index (κ3) is 4.19. The third-order valence-electron chi connectivity index (χ3n) is 3.86. The van der Waals surface area contributed by atoms with Gasteiger partial charge in [-0.1, -0.05) is 0 Å². The Kier molecular flexibility index (Phi) is 5.47. The number of hydrogen-bond donors (Lipinski definition) is 0. The van der Waals surface area contributed by atoms with Crippen LogP contribution in [0, 0.1) is 5.82 Å². The minimum Gasteiger partial charge on any atom is -0.490 e. The van der Waals surface area contributed by atoms with Gasteiger partial charge in [0, 0.05) is 36.0 Å². The molecule has 0 atom stereocenters. The number of benzene rings is 1. The number of ether oxygens (including phenoxy) is 1. The van der Waals surface area contributed by atoms with Gasteiger partial charge < -0.3 is 4.74 Å². The van der Waals surface area contributed by atoms with Crippen molar-refractivity contribution in [1.29, 1.82) is 0 Å². The van der Waals surface area contributed by atoms with Gasteiger partial charge in [-0.05, 0) is 48.0 Å². The summed E-state index contributed by atoms with van der Waals surface area (Å²) in [7, 11) is 1.61. The van der Waals surface area contributed by atoms with Gasteiger partial charge >= 0.3 is 6.18 Å². The topological polar surface area (TPSA) is 39.9 Å². The molecule has 3 aromatic rings. The molecule has 2 heterocycles. The van der Waals surface area contributed by atoms with E-state index >= 15 is 0 Å². The Morgan fingerprint density at radius 1 is 1.14 bits per heavy atom. The molecule has 0 spiro atoms. The highest BCUT2D eigenvalue weighted by atomic mass is 79.9. The van der Waals surface area contributed by atoms with Crippen LogP contribution in [-0.4, -0.2) is 20.9 Å². The van der Waals surface area contributed by atoms with Gasteiger partial charge in [0.1, 0.15) is 16.2 Å². The van der Waals surface area contributed by atoms with E-state index < -0.39 is 17.6 Å². The minimum absolute atomic E-state index is 0.139. The Balaban J connectivity index is 2.24. The van der Waals surface area contributed by atoms with Crippen LogP contribution < -0.4 is 4.74 Å². The molecule has 0 fully saturated rings. The maximum Gasteiger partial charge on any atom is 0.418 e. The predicted octanol–water partition coefficient (Wildman–Crippen LogP) is 5.86. The van der Waals surface area contributed by atoms with Crippen LogP contribution in [0.3, 0.4) is 0 Å². The zero-order valence-electron chi connectivity index (χ0n) is 15.2. The molecule has 0 amide bonds. The minimum atomic E-state index is -4.65. The van der Waals surface area contributed by atoms with Gasteiger partial charge in [0.15, 0.2) is 0 Å². The molecular weight excluding hydrogens is 442 g/mol. The van der Waals surface area contributed by atoms with Gasteiger partial charge in [0.2, 0.25) is 0 Å². The lowest BCUT2D eigenvalue weighted by molar-refractivity contribution is -0.137. The molecule has 28 heavy (non-hydrogen) atoms. The standard InChI is InChI=1S/C19H16BrF4N3O/c1-10(2)28-16-6-12(21)4-5-13(16)14-7-15(19(22,23)24)17(26-18(14)20)11-8-25-27(3)9-11/h4-10H,1-3H3. The van der Waals surface area contributed by atoms with Crippen LogP contribution in [0.1, 0.15) is 19.4 Å². The molecule has 4 nitrogen and oxygen atoms in total. The second-order valence-corrected chi connectivity index (χ2v) is 7.18. The highest BCUT2D eigenvalue weighted by Crippen LogP contribution is 2.43. The van der Waals surface area contributed by atoms with E-state index in [9.17, 15) is 17.6 Å². The third-order valence-corrected chi connectivity index (χ3v) is 4.46. The Labute approximate surface area is 167 Å². The highest BCUT2D eigenvalue weighted by Gasteiger charge is 2.36. The van der Waals surface area contributed by atoms with Crippen LogP contribution >= 0.6 is 15.9 Å². The normalized spacial score (nSPS) is 11.9. The van der Waals surface area contributed by atoms with Crippen LogP contribution in [0.15, 0.2) is 41.3 Å². The second-order valence-electron chi connectivity index (χ2n) is 6.43. The first-order valence-corrected chi connectivity index (χ1v) is 9.09. The fraction of sp³-hybridized carbons (Fsp3) is 0.263. The van der Waals surface area contributed by atoms with Crippen LogP contribution in [0.4, 0.5) is 17.6 Å². The van der Waals surface area contributed by atoms with Crippen LogP contribution in [0.25, 0.3) is 22.4 Å². The van der Waals surface area contributed by atoms with Gasteiger partial charge in [-0.25, -0.2) is 9.37 Å². The van der Waals surface area contributed by atoms with Crippen LogP contribution in [0.5, 0.6) is 5.75 Å². The Bertz CT molecular complexity index is 1010. The lowest BCUT2D eigenvalue weighted by Crippen LogP contribution is -2.10. The number of alkyl halides is 3. The van der Waals surface area contributed by atoms with Crippen molar-refractivity contribution in [2.24, 2.45) is 7.05 Å². The zero-order valence-corrected chi connectivity index (χ0v) is 16.8. The molecule has 0 saturated heterocycles. The summed E-state index contributed by atoms with van der Waals surface area (Å²) in [5.74, 6) is -0.411. The Hall–Kier alpha value is -2.42. The summed E-state index contributed by atoms with van der Waals surface area (Å²) < 4.78 is 62.2. The molecule has 0 radical (unpaired) electrons. The number of pyridine rings is 1. The first kappa shape index (κ1) is 20.3. The van der Waals surface area contributed by atoms with Crippen molar-refractivity contribution in [3.8, 4) is 28.1 Å². The van der Waals surface area contributed by atoms with Gasteiger partial charge in [-0.3, -0.25) is 4.68 Å². The van der Waals surface area contributed by atoms with Gasteiger partial charge in [-0.2, -0.15) is 18.3 Å². The van der Waals surface area contributed by atoms with E-state index in [1.54, 1.807) is 20.9 Å². The maximum absolute atomic E-state index is 13.8. The van der Waals surface area contributed by atoms with Crippen molar-refractivity contribution in [1.82, 2.24) is 14.8 Å². The molecule has 9 heteroatoms. The zero-order chi connectivity index (χ0) is 20.6. The number of nitrogens with zero attached hydrogens (tertiary/aromatic N) is 3. The van der Waals surface area contributed by atoms with E-state index in [1.807, 2.05) is 0 Å². The summed E-state index contributed by atoms with van der Waals surface area (Å²) >= 11 is 3.25. The Morgan fingerprint density at radius 2 is 1.86 bits per heavy atom. The van der Waals surface area contributed by atoms with Gasteiger partial charge in [-0.15, -0.1) is 0 Å². The van der Waals surface area contributed by atoms with E-state index in [0.717, 1.165) is 18.2 Å². The number of aromatic nitrogens is 3. The fourth-order valence-electron chi connectivity index (χ4n) is 2.73. The maximum atomic E-state index is 13.8. The summed E-state index contributed by atoms with van der Waals surface area (Å²) in [6.07, 6.45) is -2.17. The summed E-state index contributed by atoms with van der Waals surface area (Å²) in [5, 5.41) is 3.92. The molecule has 2 aromatic heterocycles. The monoisotopic (exact) mass is 457 g/mol. The van der Waals surface area contributed by atoms with E-state index in [1.165, 1.54) is 23.1 Å². The smallest absolute Gasteiger partial charge is 0.418 e. The summed E-state index contributed by atoms with van der Waals surface area (Å²) in [6.45, 7) is 3.49. The van der Waals surface area contributed by atoms with Crippen LogP contribution in [-0.2, 0) is 13.2 Å².